The van der Waals surface area contributed by atoms with Gasteiger partial charge in [0.25, 0.3) is 0 Å². The molecule has 0 bridgehead atoms. The zero-order valence-electron chi connectivity index (χ0n) is 13.9. The molecule has 0 N–H and O–H groups in total. The van der Waals surface area contributed by atoms with Crippen molar-refractivity contribution in [2.75, 3.05) is 0 Å². The van der Waals surface area contributed by atoms with Crippen LogP contribution in [0, 0.1) is 0 Å². The number of hydrogen-bond acceptors (Lipinski definition) is 7. The molecule has 2 amide bonds. The molecule has 2 aromatic heterocycles. The second-order valence-corrected chi connectivity index (χ2v) is 6.55. The molecule has 9 nitrogen and oxygen atoms in total. The van der Waals surface area contributed by atoms with Crippen molar-refractivity contribution in [2.45, 2.75) is 45.9 Å². The zero-order valence-corrected chi connectivity index (χ0v) is 13.9. The molecule has 0 unspecified atom stereocenters. The largest absolute Gasteiger partial charge is 0.443 e. The van der Waals surface area contributed by atoms with Crippen LogP contribution in [-0.2, 0) is 11.3 Å². The molecule has 3 heterocycles. The van der Waals surface area contributed by atoms with Crippen molar-refractivity contribution in [3.05, 3.63) is 24.4 Å². The van der Waals surface area contributed by atoms with Crippen molar-refractivity contribution in [3.8, 4) is 11.5 Å². The van der Waals surface area contributed by atoms with Gasteiger partial charge in [0, 0.05) is 18.9 Å². The van der Waals surface area contributed by atoms with Crippen molar-refractivity contribution in [1.82, 2.24) is 29.6 Å². The van der Waals surface area contributed by atoms with Crippen molar-refractivity contribution >= 4 is 12.0 Å². The highest BCUT2D eigenvalue weighted by atomic mass is 16.6. The van der Waals surface area contributed by atoms with E-state index in [2.05, 4.69) is 20.2 Å². The minimum atomic E-state index is -0.688. The van der Waals surface area contributed by atoms with E-state index in [1.807, 2.05) is 0 Å². The molecule has 9 heteroatoms. The molecule has 0 saturated carbocycles. The Labute approximate surface area is 138 Å². The van der Waals surface area contributed by atoms with Gasteiger partial charge in [-0.15, -0.1) is 10.2 Å². The minimum Gasteiger partial charge on any atom is -0.443 e. The Kier molecular flexibility index (Phi) is 3.78. The molecule has 0 radical (unpaired) electrons. The van der Waals surface area contributed by atoms with Crippen LogP contribution in [0.25, 0.3) is 11.5 Å². The smallest absolute Gasteiger partial charge is 0.417 e. The molecule has 0 fully saturated rings. The third kappa shape index (κ3) is 2.84. The first-order chi connectivity index (χ1) is 11.3. The van der Waals surface area contributed by atoms with Crippen LogP contribution >= 0.6 is 0 Å². The first-order valence-electron chi connectivity index (χ1n) is 7.54. The summed E-state index contributed by atoms with van der Waals surface area (Å²) in [5.74, 6) is -0.00705. The summed E-state index contributed by atoms with van der Waals surface area (Å²) >= 11 is 0. The van der Waals surface area contributed by atoms with Gasteiger partial charge in [-0.2, -0.15) is 0 Å². The lowest BCUT2D eigenvalue weighted by Gasteiger charge is -2.33. The highest BCUT2D eigenvalue weighted by molar-refractivity contribution is 6.02. The Morgan fingerprint density at radius 1 is 1.25 bits per heavy atom. The van der Waals surface area contributed by atoms with E-state index in [1.54, 1.807) is 44.7 Å². The molecular weight excluding hydrogens is 312 g/mol. The summed E-state index contributed by atoms with van der Waals surface area (Å²) in [5, 5.41) is 7.96. The predicted octanol–water partition coefficient (Wildman–Crippen LogP) is 1.51. The quantitative estimate of drug-likeness (QED) is 0.780. The summed E-state index contributed by atoms with van der Waals surface area (Å²) in [5.41, 5.74) is -0.172. The molecule has 0 aromatic carbocycles. The summed E-state index contributed by atoms with van der Waals surface area (Å²) in [6, 6.07) is -0.397. The van der Waals surface area contributed by atoms with E-state index in [1.165, 1.54) is 6.20 Å². The van der Waals surface area contributed by atoms with Crippen LogP contribution < -0.4 is 0 Å². The first-order valence-corrected chi connectivity index (χ1v) is 7.54. The topological polar surface area (TPSA) is 103 Å². The van der Waals surface area contributed by atoms with Crippen LogP contribution in [0.2, 0.25) is 0 Å². The minimum absolute atomic E-state index is 0.0830. The number of carbonyl (C=O) groups excluding carboxylic acids is 2. The Hall–Kier alpha value is -2.84. The van der Waals surface area contributed by atoms with Crippen LogP contribution in [0.4, 0.5) is 4.79 Å². The standard InChI is InChI=1S/C15H18N6O3/c1-9-8-20-11(10-7-16-5-6-17-10)18-19-12(20)13(22)21(9)14(23)24-15(2,3)4/h5-7,9H,8H2,1-4H3/t9-/m0/s1. The number of rotatable bonds is 1. The highest BCUT2D eigenvalue weighted by Gasteiger charge is 2.39. The van der Waals surface area contributed by atoms with Gasteiger partial charge < -0.3 is 4.74 Å². The van der Waals surface area contributed by atoms with E-state index in [9.17, 15) is 9.59 Å². The lowest BCUT2D eigenvalue weighted by Crippen LogP contribution is -2.51. The fourth-order valence-electron chi connectivity index (χ4n) is 2.47. The highest BCUT2D eigenvalue weighted by Crippen LogP contribution is 2.24. The number of aromatic nitrogens is 5. The van der Waals surface area contributed by atoms with Crippen molar-refractivity contribution < 1.29 is 14.3 Å². The molecule has 1 aliphatic rings. The summed E-state index contributed by atoms with van der Waals surface area (Å²) < 4.78 is 6.96. The van der Waals surface area contributed by atoms with Gasteiger partial charge in [0.15, 0.2) is 5.82 Å². The first kappa shape index (κ1) is 16.0. The molecule has 0 aliphatic carbocycles. The normalized spacial score (nSPS) is 17.6. The van der Waals surface area contributed by atoms with Crippen molar-refractivity contribution in [1.29, 1.82) is 0 Å². The van der Waals surface area contributed by atoms with E-state index in [4.69, 9.17) is 4.74 Å². The second-order valence-electron chi connectivity index (χ2n) is 6.55. The monoisotopic (exact) mass is 330 g/mol. The predicted molar refractivity (Wildman–Crippen MR) is 82.9 cm³/mol. The summed E-state index contributed by atoms with van der Waals surface area (Å²) in [6.07, 6.45) is 3.95. The Morgan fingerprint density at radius 2 is 1.96 bits per heavy atom. The molecule has 3 rings (SSSR count). The van der Waals surface area contributed by atoms with Gasteiger partial charge in [-0.1, -0.05) is 0 Å². The van der Waals surface area contributed by atoms with E-state index < -0.39 is 23.6 Å². The molecule has 1 atom stereocenters. The van der Waals surface area contributed by atoms with Crippen LogP contribution in [0.5, 0.6) is 0 Å². The van der Waals surface area contributed by atoms with Crippen LogP contribution in [-0.4, -0.2) is 53.3 Å². The maximum absolute atomic E-state index is 12.7. The van der Waals surface area contributed by atoms with E-state index >= 15 is 0 Å². The summed E-state index contributed by atoms with van der Waals surface area (Å²) in [6.45, 7) is 7.38. The van der Waals surface area contributed by atoms with Gasteiger partial charge in [-0.3, -0.25) is 14.3 Å². The van der Waals surface area contributed by atoms with Crippen LogP contribution in [0.15, 0.2) is 18.6 Å². The van der Waals surface area contributed by atoms with Crippen LogP contribution in [0.1, 0.15) is 38.3 Å². The molecule has 2 aromatic rings. The second kappa shape index (κ2) is 5.66. The molecule has 1 aliphatic heterocycles. The molecular formula is C15H18N6O3. The molecule has 24 heavy (non-hydrogen) atoms. The lowest BCUT2D eigenvalue weighted by atomic mass is 10.2. The number of nitrogens with zero attached hydrogens (tertiary/aromatic N) is 6. The molecule has 0 spiro atoms. The van der Waals surface area contributed by atoms with Gasteiger partial charge in [0.2, 0.25) is 5.82 Å². The number of carbonyl (C=O) groups is 2. The number of fused-ring (bicyclic) bond motifs is 1. The molecule has 126 valence electrons. The van der Waals surface area contributed by atoms with Gasteiger partial charge in [0.1, 0.15) is 11.3 Å². The van der Waals surface area contributed by atoms with Crippen molar-refractivity contribution in [2.24, 2.45) is 0 Å². The Morgan fingerprint density at radius 3 is 2.58 bits per heavy atom. The number of imide groups is 1. The molecule has 0 saturated heterocycles. The fourth-order valence-corrected chi connectivity index (χ4v) is 2.47. The Bertz CT molecular complexity index is 780. The average Bonchev–Trinajstić information content (AvgIpc) is 2.90. The maximum atomic E-state index is 12.7. The third-order valence-corrected chi connectivity index (χ3v) is 3.43. The number of ether oxygens (including phenoxy) is 1. The summed E-state index contributed by atoms with van der Waals surface area (Å²) in [4.78, 5) is 34.2. The SMILES string of the molecule is C[C@H]1Cn2c(nnc2-c2cnccn2)C(=O)N1C(=O)OC(C)(C)C. The van der Waals surface area contributed by atoms with Gasteiger partial charge >= 0.3 is 12.0 Å². The third-order valence-electron chi connectivity index (χ3n) is 3.43. The van der Waals surface area contributed by atoms with Crippen LogP contribution in [0.3, 0.4) is 0 Å². The average molecular weight is 330 g/mol. The lowest BCUT2D eigenvalue weighted by molar-refractivity contribution is 0.0132. The summed E-state index contributed by atoms with van der Waals surface area (Å²) in [7, 11) is 0. The van der Waals surface area contributed by atoms with E-state index in [-0.39, 0.29) is 5.82 Å². The van der Waals surface area contributed by atoms with E-state index in [0.29, 0.717) is 18.1 Å². The maximum Gasteiger partial charge on any atom is 0.417 e. The van der Waals surface area contributed by atoms with E-state index in [0.717, 1.165) is 4.90 Å². The zero-order chi connectivity index (χ0) is 17.5. The fraction of sp³-hybridized carbons (Fsp3) is 0.467. The van der Waals surface area contributed by atoms with Gasteiger partial charge in [-0.05, 0) is 27.7 Å². The Balaban J connectivity index is 1.94. The van der Waals surface area contributed by atoms with Crippen molar-refractivity contribution in [3.63, 3.8) is 0 Å². The number of hydrogen-bond donors (Lipinski definition) is 0. The number of amides is 2. The van der Waals surface area contributed by atoms with Gasteiger partial charge in [-0.25, -0.2) is 14.7 Å². The van der Waals surface area contributed by atoms with Gasteiger partial charge in [0.05, 0.1) is 12.2 Å².